The topological polar surface area (TPSA) is 89.2 Å². The first-order valence-corrected chi connectivity index (χ1v) is 7.37. The van der Waals surface area contributed by atoms with Gasteiger partial charge in [0.1, 0.15) is 0 Å². The fourth-order valence-electron chi connectivity index (χ4n) is 2.21. The lowest BCUT2D eigenvalue weighted by Crippen LogP contribution is -2.31. The third-order valence-corrected chi connectivity index (χ3v) is 3.23. The van der Waals surface area contributed by atoms with Crippen molar-refractivity contribution in [2.45, 2.75) is 32.6 Å². The molecule has 0 unspecified atom stereocenters. The van der Waals surface area contributed by atoms with Crippen LogP contribution >= 0.6 is 0 Å². The molecule has 0 amide bonds. The van der Waals surface area contributed by atoms with E-state index in [-0.39, 0.29) is 5.95 Å². The lowest BCUT2D eigenvalue weighted by molar-refractivity contribution is 0.147. The van der Waals surface area contributed by atoms with Crippen molar-refractivity contribution in [2.75, 3.05) is 48.8 Å². The minimum absolute atomic E-state index is 0.271. The third-order valence-electron chi connectivity index (χ3n) is 3.23. The van der Waals surface area contributed by atoms with Crippen molar-refractivity contribution >= 4 is 17.8 Å². The lowest BCUT2D eigenvalue weighted by atomic mass is 10.1. The quantitative estimate of drug-likeness (QED) is 0.727. The van der Waals surface area contributed by atoms with E-state index in [2.05, 4.69) is 25.2 Å². The summed E-state index contributed by atoms with van der Waals surface area (Å²) in [6.45, 7) is 6.23. The Morgan fingerprint density at radius 1 is 1.20 bits per heavy atom. The van der Waals surface area contributed by atoms with Gasteiger partial charge >= 0.3 is 0 Å². The summed E-state index contributed by atoms with van der Waals surface area (Å²) in [4.78, 5) is 15.0. The Hall–Kier alpha value is -1.63. The molecular formula is C13H24N6O. The van der Waals surface area contributed by atoms with Gasteiger partial charge in [-0.3, -0.25) is 0 Å². The van der Waals surface area contributed by atoms with Crippen LogP contribution in [0.3, 0.4) is 0 Å². The van der Waals surface area contributed by atoms with E-state index in [0.717, 1.165) is 39.3 Å². The molecule has 112 valence electrons. The summed E-state index contributed by atoms with van der Waals surface area (Å²) in [7, 11) is 0. The molecule has 0 saturated carbocycles. The molecule has 0 bridgehead atoms. The highest BCUT2D eigenvalue weighted by molar-refractivity contribution is 5.42. The van der Waals surface area contributed by atoms with Gasteiger partial charge in [0.2, 0.25) is 17.8 Å². The van der Waals surface area contributed by atoms with E-state index < -0.39 is 0 Å². The molecule has 0 spiro atoms. The van der Waals surface area contributed by atoms with E-state index in [1.54, 1.807) is 0 Å². The number of nitrogens with zero attached hydrogens (tertiary/aromatic N) is 4. The number of hydrogen-bond donors (Lipinski definition) is 2. The molecule has 0 atom stereocenters. The van der Waals surface area contributed by atoms with Crippen molar-refractivity contribution in [2.24, 2.45) is 0 Å². The van der Waals surface area contributed by atoms with Gasteiger partial charge in [-0.25, -0.2) is 0 Å². The minimum atomic E-state index is 0.271. The van der Waals surface area contributed by atoms with Crippen LogP contribution in [0.25, 0.3) is 0 Å². The van der Waals surface area contributed by atoms with E-state index in [4.69, 9.17) is 10.5 Å². The van der Waals surface area contributed by atoms with E-state index in [9.17, 15) is 0 Å². The molecule has 7 nitrogen and oxygen atoms in total. The molecule has 2 rings (SSSR count). The normalized spacial score (nSPS) is 15.3. The Labute approximate surface area is 119 Å². The van der Waals surface area contributed by atoms with Gasteiger partial charge in [-0.05, 0) is 32.6 Å². The Kier molecular flexibility index (Phi) is 5.79. The van der Waals surface area contributed by atoms with Crippen LogP contribution in [0.4, 0.5) is 17.8 Å². The van der Waals surface area contributed by atoms with E-state index in [0.29, 0.717) is 11.9 Å². The average molecular weight is 280 g/mol. The molecule has 0 aromatic carbocycles. The van der Waals surface area contributed by atoms with Crippen molar-refractivity contribution in [3.05, 3.63) is 0 Å². The lowest BCUT2D eigenvalue weighted by Gasteiger charge is -2.26. The Balaban J connectivity index is 1.90. The van der Waals surface area contributed by atoms with Crippen molar-refractivity contribution in [3.8, 4) is 0 Å². The van der Waals surface area contributed by atoms with Crippen LogP contribution in [0.1, 0.15) is 32.6 Å². The number of nitrogen functional groups attached to an aromatic ring is 1. The first kappa shape index (κ1) is 14.8. The minimum Gasteiger partial charge on any atom is -0.382 e. The van der Waals surface area contributed by atoms with Crippen LogP contribution in [-0.4, -0.2) is 47.8 Å². The predicted octanol–water partition coefficient (Wildman–Crippen LogP) is 1.28. The van der Waals surface area contributed by atoms with Gasteiger partial charge in [0.05, 0.1) is 0 Å². The molecule has 1 aliphatic heterocycles. The van der Waals surface area contributed by atoms with E-state index in [1.807, 2.05) is 6.92 Å². The fourth-order valence-corrected chi connectivity index (χ4v) is 2.21. The summed E-state index contributed by atoms with van der Waals surface area (Å²) in [6.07, 6.45) is 4.56. The molecule has 3 N–H and O–H groups in total. The zero-order valence-electron chi connectivity index (χ0n) is 12.1. The molecule has 0 aliphatic carbocycles. The van der Waals surface area contributed by atoms with Crippen LogP contribution in [0.5, 0.6) is 0 Å². The van der Waals surface area contributed by atoms with Crippen molar-refractivity contribution in [3.63, 3.8) is 0 Å². The molecule has 1 fully saturated rings. The number of nitrogens with one attached hydrogen (secondary N) is 1. The standard InChI is InChI=1S/C13H24N6O/c1-2-20-10-6-7-15-12-16-11(14)17-13(18-12)19-8-4-3-5-9-19/h2-10H2,1H3,(H3,14,15,16,17,18). The molecule has 1 aliphatic rings. The summed E-state index contributed by atoms with van der Waals surface area (Å²) in [5.41, 5.74) is 5.76. The van der Waals surface area contributed by atoms with Gasteiger partial charge in [0.15, 0.2) is 0 Å². The highest BCUT2D eigenvalue weighted by Crippen LogP contribution is 2.17. The summed E-state index contributed by atoms with van der Waals surface area (Å²) in [5, 5.41) is 3.17. The number of nitrogens with two attached hydrogens (primary N) is 1. The van der Waals surface area contributed by atoms with Crippen LogP contribution in [0.15, 0.2) is 0 Å². The maximum atomic E-state index is 5.76. The smallest absolute Gasteiger partial charge is 0.231 e. The van der Waals surface area contributed by atoms with Gasteiger partial charge in [-0.2, -0.15) is 15.0 Å². The van der Waals surface area contributed by atoms with Gasteiger partial charge in [0.25, 0.3) is 0 Å². The Morgan fingerprint density at radius 2 is 2.00 bits per heavy atom. The van der Waals surface area contributed by atoms with Crippen molar-refractivity contribution in [1.82, 2.24) is 15.0 Å². The van der Waals surface area contributed by atoms with E-state index in [1.165, 1.54) is 19.3 Å². The average Bonchev–Trinajstić information content (AvgIpc) is 2.47. The summed E-state index contributed by atoms with van der Waals surface area (Å²) in [6, 6.07) is 0. The largest absolute Gasteiger partial charge is 0.382 e. The monoisotopic (exact) mass is 280 g/mol. The maximum Gasteiger partial charge on any atom is 0.231 e. The summed E-state index contributed by atoms with van der Waals surface area (Å²) in [5.74, 6) is 1.51. The van der Waals surface area contributed by atoms with Crippen molar-refractivity contribution in [1.29, 1.82) is 0 Å². The van der Waals surface area contributed by atoms with Gasteiger partial charge in [-0.1, -0.05) is 0 Å². The highest BCUT2D eigenvalue weighted by Gasteiger charge is 2.15. The van der Waals surface area contributed by atoms with Gasteiger partial charge in [0, 0.05) is 32.8 Å². The molecule has 1 aromatic rings. The van der Waals surface area contributed by atoms with Crippen molar-refractivity contribution < 1.29 is 4.74 Å². The zero-order valence-corrected chi connectivity index (χ0v) is 12.1. The molecular weight excluding hydrogens is 256 g/mol. The number of anilines is 3. The predicted molar refractivity (Wildman–Crippen MR) is 79.9 cm³/mol. The second-order valence-electron chi connectivity index (χ2n) is 4.84. The molecule has 2 heterocycles. The molecule has 20 heavy (non-hydrogen) atoms. The zero-order chi connectivity index (χ0) is 14.2. The second-order valence-corrected chi connectivity index (χ2v) is 4.84. The molecule has 7 heteroatoms. The van der Waals surface area contributed by atoms with Gasteiger partial charge in [-0.15, -0.1) is 0 Å². The van der Waals surface area contributed by atoms with Crippen LogP contribution in [0.2, 0.25) is 0 Å². The Morgan fingerprint density at radius 3 is 2.75 bits per heavy atom. The first-order valence-electron chi connectivity index (χ1n) is 7.37. The number of rotatable bonds is 7. The molecule has 0 radical (unpaired) electrons. The van der Waals surface area contributed by atoms with Crippen LogP contribution in [-0.2, 0) is 4.74 Å². The molecule has 1 saturated heterocycles. The Bertz CT molecular complexity index is 408. The summed E-state index contributed by atoms with van der Waals surface area (Å²) >= 11 is 0. The first-order chi connectivity index (χ1) is 9.79. The fraction of sp³-hybridized carbons (Fsp3) is 0.769. The summed E-state index contributed by atoms with van der Waals surface area (Å²) < 4.78 is 5.29. The number of aromatic nitrogens is 3. The number of ether oxygens (including phenoxy) is 1. The van der Waals surface area contributed by atoms with Crippen LogP contribution in [0, 0.1) is 0 Å². The maximum absolute atomic E-state index is 5.76. The highest BCUT2D eigenvalue weighted by atomic mass is 16.5. The van der Waals surface area contributed by atoms with Gasteiger partial charge < -0.3 is 20.7 Å². The number of piperidine rings is 1. The number of hydrogen-bond acceptors (Lipinski definition) is 7. The second kappa shape index (κ2) is 7.84. The third kappa shape index (κ3) is 4.48. The molecule has 1 aromatic heterocycles. The van der Waals surface area contributed by atoms with Crippen LogP contribution < -0.4 is 16.0 Å². The SMILES string of the molecule is CCOCCCNc1nc(N)nc(N2CCCCC2)n1. The van der Waals surface area contributed by atoms with E-state index >= 15 is 0 Å².